The molecule has 0 bridgehead atoms. The Labute approximate surface area is 400 Å². The largest absolute Gasteiger partial charge is 0.323 e. The van der Waals surface area contributed by atoms with E-state index in [-0.39, 0.29) is 6.03 Å². The van der Waals surface area contributed by atoms with Crippen LogP contribution in [0.2, 0.25) is 0 Å². The van der Waals surface area contributed by atoms with Gasteiger partial charge in [-0.3, -0.25) is 0 Å². The molecule has 2 N–H and O–H groups in total. The highest BCUT2D eigenvalue weighted by molar-refractivity contribution is 6.00. The van der Waals surface area contributed by atoms with Crippen molar-refractivity contribution in [3.8, 4) is 0 Å². The van der Waals surface area contributed by atoms with Crippen molar-refractivity contribution in [2.24, 2.45) is 0 Å². The van der Waals surface area contributed by atoms with E-state index in [0.29, 0.717) is 0 Å². The molecular weight excluding hydrogens is 777 g/mol. The minimum absolute atomic E-state index is 0.0839. The van der Waals surface area contributed by atoms with Crippen LogP contribution in [0.25, 0.3) is 0 Å². The summed E-state index contributed by atoms with van der Waals surface area (Å²) in [5.41, 5.74) is 11.2. The molecule has 0 saturated heterocycles. The Morgan fingerprint density at radius 3 is 0.688 bits per heavy atom. The fourth-order valence-electron chi connectivity index (χ4n) is 10.1. The number of rotatable bonds is 44. The van der Waals surface area contributed by atoms with Crippen LogP contribution >= 0.6 is 0 Å². The lowest BCUT2D eigenvalue weighted by atomic mass is 9.89. The molecule has 0 radical (unpaired) electrons. The van der Waals surface area contributed by atoms with Gasteiger partial charge in [-0.05, 0) is 135 Å². The molecule has 368 valence electrons. The van der Waals surface area contributed by atoms with Crippen molar-refractivity contribution in [2.45, 2.75) is 311 Å². The van der Waals surface area contributed by atoms with Crippen molar-refractivity contribution >= 4 is 17.4 Å². The number of benzene rings is 2. The number of amides is 2. The van der Waals surface area contributed by atoms with Crippen LogP contribution in [0.4, 0.5) is 16.2 Å². The fraction of sp³-hybridized carbons (Fsp3) is 0.787. The zero-order chi connectivity index (χ0) is 46.1. The van der Waals surface area contributed by atoms with Gasteiger partial charge in [-0.15, -0.1) is 0 Å². The van der Waals surface area contributed by atoms with Crippen molar-refractivity contribution in [2.75, 3.05) is 10.6 Å². The van der Waals surface area contributed by atoms with E-state index < -0.39 is 0 Å². The first kappa shape index (κ1) is 57.8. The summed E-state index contributed by atoms with van der Waals surface area (Å²) < 4.78 is 0. The molecule has 64 heavy (non-hydrogen) atoms. The van der Waals surface area contributed by atoms with Gasteiger partial charge in [-0.25, -0.2) is 4.79 Å². The number of urea groups is 1. The van der Waals surface area contributed by atoms with Crippen molar-refractivity contribution in [3.63, 3.8) is 0 Å². The Morgan fingerprint density at radius 1 is 0.281 bits per heavy atom. The first-order valence-electron chi connectivity index (χ1n) is 28.9. The average Bonchev–Trinajstić information content (AvgIpc) is 3.29. The van der Waals surface area contributed by atoms with Crippen LogP contribution in [0.3, 0.4) is 0 Å². The molecule has 0 aliphatic carbocycles. The molecule has 0 saturated carbocycles. The molecule has 0 aliphatic rings. The average molecular weight is 886 g/mol. The van der Waals surface area contributed by atoms with Gasteiger partial charge >= 0.3 is 6.03 Å². The van der Waals surface area contributed by atoms with Crippen LogP contribution in [-0.2, 0) is 38.5 Å². The van der Waals surface area contributed by atoms with E-state index in [0.717, 1.165) is 37.1 Å². The third-order valence-electron chi connectivity index (χ3n) is 14.1. The van der Waals surface area contributed by atoms with Gasteiger partial charge in [0.05, 0.1) is 0 Å². The van der Waals surface area contributed by atoms with Crippen LogP contribution < -0.4 is 10.6 Å². The summed E-state index contributed by atoms with van der Waals surface area (Å²) in [6, 6.07) is 9.42. The number of hydrogen-bond donors (Lipinski definition) is 2. The van der Waals surface area contributed by atoms with Crippen LogP contribution in [0.15, 0.2) is 24.3 Å². The van der Waals surface area contributed by atoms with Crippen molar-refractivity contribution in [1.29, 1.82) is 0 Å². The van der Waals surface area contributed by atoms with E-state index in [1.54, 1.807) is 11.1 Å². The Kier molecular flexibility index (Phi) is 37.0. The van der Waals surface area contributed by atoms with Crippen LogP contribution in [0, 0.1) is 0 Å². The first-order valence-corrected chi connectivity index (χ1v) is 28.9. The third kappa shape index (κ3) is 28.0. The zero-order valence-electron chi connectivity index (χ0n) is 43.9. The van der Waals surface area contributed by atoms with Gasteiger partial charge in [0.1, 0.15) is 0 Å². The summed E-state index contributed by atoms with van der Waals surface area (Å²) in [5, 5.41) is 6.86. The second-order valence-electron chi connectivity index (χ2n) is 20.2. The van der Waals surface area contributed by atoms with Gasteiger partial charge in [-0.1, -0.05) is 234 Å². The van der Waals surface area contributed by atoms with Gasteiger partial charge in [0.2, 0.25) is 0 Å². The topological polar surface area (TPSA) is 41.1 Å². The number of nitrogens with one attached hydrogen (secondary N) is 2. The highest BCUT2D eigenvalue weighted by Gasteiger charge is 2.16. The lowest BCUT2D eigenvalue weighted by Gasteiger charge is -2.20. The Balaban J connectivity index is 2.44. The Hall–Kier alpha value is -2.29. The molecule has 0 unspecified atom stereocenters. The van der Waals surface area contributed by atoms with E-state index in [4.69, 9.17) is 0 Å². The monoisotopic (exact) mass is 885 g/mol. The number of hydrogen-bond acceptors (Lipinski definition) is 1. The summed E-state index contributed by atoms with van der Waals surface area (Å²) >= 11 is 0. The predicted octanol–water partition coefficient (Wildman–Crippen LogP) is 20.7. The minimum atomic E-state index is -0.0839. The highest BCUT2D eigenvalue weighted by atomic mass is 16.2. The Morgan fingerprint density at radius 2 is 0.469 bits per heavy atom. The molecule has 0 heterocycles. The summed E-state index contributed by atoms with van der Waals surface area (Å²) in [6.07, 6.45) is 54.4. The van der Waals surface area contributed by atoms with Crippen LogP contribution in [-0.4, -0.2) is 6.03 Å². The maximum atomic E-state index is 14.2. The van der Waals surface area contributed by atoms with Crippen molar-refractivity contribution < 1.29 is 4.79 Å². The summed E-state index contributed by atoms with van der Waals surface area (Å²) in [6.45, 7) is 13.9. The van der Waals surface area contributed by atoms with E-state index >= 15 is 0 Å². The van der Waals surface area contributed by atoms with E-state index in [9.17, 15) is 4.79 Å². The smallest absolute Gasteiger partial charge is 0.308 e. The fourth-order valence-corrected chi connectivity index (χ4v) is 10.1. The number of anilines is 2. The molecule has 3 nitrogen and oxygen atoms in total. The van der Waals surface area contributed by atoms with E-state index in [2.05, 4.69) is 76.4 Å². The molecule has 0 spiro atoms. The molecule has 2 aromatic rings. The third-order valence-corrected chi connectivity index (χ3v) is 14.1. The van der Waals surface area contributed by atoms with Crippen LogP contribution in [0.5, 0.6) is 0 Å². The standard InChI is InChI=1S/C61H108N2O/c1-7-13-19-25-31-37-43-53-49-57(50-54(44-38-32-26-20-14-8-2)59(53)47-41-35-29-23-17-11-5)62-61(64)63-58-51-55(45-39-33-27-21-15-9-3)60(48-42-36-30-24-18-12-6)56(52-58)46-40-34-28-22-16-10-4/h49-52H,7-48H2,1-6H3,(H2,62,63,64). The minimum Gasteiger partial charge on any atom is -0.308 e. The SMILES string of the molecule is CCCCCCCCc1cc(NC(=O)Nc2cc(CCCCCCCC)c(CCCCCCCC)c(CCCCCCCC)c2)cc(CCCCCCCC)c1CCCCCCCC. The second-order valence-corrected chi connectivity index (χ2v) is 20.2. The van der Waals surface area contributed by atoms with Gasteiger partial charge in [-0.2, -0.15) is 0 Å². The van der Waals surface area contributed by atoms with Gasteiger partial charge in [0.15, 0.2) is 0 Å². The van der Waals surface area contributed by atoms with E-state index in [1.807, 2.05) is 0 Å². The quantitative estimate of drug-likeness (QED) is 0.0640. The van der Waals surface area contributed by atoms with Gasteiger partial charge < -0.3 is 10.6 Å². The molecule has 0 atom stereocenters. The van der Waals surface area contributed by atoms with Crippen LogP contribution in [0.1, 0.15) is 306 Å². The number of carbonyl (C=O) groups is 1. The first-order chi connectivity index (χ1) is 31.5. The normalized spacial score (nSPS) is 11.5. The summed E-state index contributed by atoms with van der Waals surface area (Å²) in [5.74, 6) is 0. The molecule has 2 amide bonds. The molecule has 2 aromatic carbocycles. The number of carbonyl (C=O) groups excluding carboxylic acids is 1. The Bertz CT molecular complexity index is 1220. The van der Waals surface area contributed by atoms with Gasteiger partial charge in [0.25, 0.3) is 0 Å². The van der Waals surface area contributed by atoms with Gasteiger partial charge in [0, 0.05) is 11.4 Å². The number of aryl methyl sites for hydroxylation is 4. The maximum absolute atomic E-state index is 14.2. The summed E-state index contributed by atoms with van der Waals surface area (Å²) in [4.78, 5) is 14.2. The number of unbranched alkanes of at least 4 members (excludes halogenated alkanes) is 30. The second kappa shape index (κ2) is 40.9. The molecule has 2 rings (SSSR count). The van der Waals surface area contributed by atoms with Crippen molar-refractivity contribution in [1.82, 2.24) is 0 Å². The zero-order valence-corrected chi connectivity index (χ0v) is 43.9. The predicted molar refractivity (Wildman–Crippen MR) is 288 cm³/mol. The molecule has 0 aromatic heterocycles. The molecular formula is C61H108N2O. The lowest BCUT2D eigenvalue weighted by molar-refractivity contribution is 0.262. The molecule has 0 fully saturated rings. The summed E-state index contributed by atoms with van der Waals surface area (Å²) in [7, 11) is 0. The van der Waals surface area contributed by atoms with E-state index in [1.165, 1.54) is 266 Å². The highest BCUT2D eigenvalue weighted by Crippen LogP contribution is 2.30. The molecule has 0 aliphatic heterocycles. The maximum Gasteiger partial charge on any atom is 0.323 e. The van der Waals surface area contributed by atoms with Crippen molar-refractivity contribution in [3.05, 3.63) is 57.6 Å². The lowest BCUT2D eigenvalue weighted by Crippen LogP contribution is -2.20. The molecule has 3 heteroatoms.